The van der Waals surface area contributed by atoms with Crippen LogP contribution in [-0.2, 0) is 11.3 Å². The molecule has 1 aliphatic rings. The molecule has 1 unspecified atom stereocenters. The highest BCUT2D eigenvalue weighted by molar-refractivity contribution is 6.32. The molecule has 1 aliphatic heterocycles. The Morgan fingerprint density at radius 3 is 2.79 bits per heavy atom. The van der Waals surface area contributed by atoms with Gasteiger partial charge in [-0.05, 0) is 12.1 Å². The molecule has 0 spiro atoms. The van der Waals surface area contributed by atoms with Crippen molar-refractivity contribution in [2.45, 2.75) is 19.4 Å². The summed E-state index contributed by atoms with van der Waals surface area (Å²) < 4.78 is 14.0. The average molecular weight is 484 g/mol. The first-order valence-electron chi connectivity index (χ1n) is 10.9. The molecule has 0 bridgehead atoms. The standard InChI is InChI=1S/C22H22ClN7O4/c1-13(11-31)20-26-21(34-27-20)17-19-22(32)29(5-4-28-6-8-33-9-7-28)18-14(10-24)15(23)2-3-16(18)30(19)12-25-17/h2-3,12-13,31H,4-9,11H2,1H3. The summed E-state index contributed by atoms with van der Waals surface area (Å²) >= 11 is 6.33. The average Bonchev–Trinajstić information content (AvgIpc) is 3.52. The van der Waals surface area contributed by atoms with Crippen molar-refractivity contribution in [2.75, 3.05) is 39.5 Å². The van der Waals surface area contributed by atoms with Crippen molar-refractivity contribution in [3.8, 4) is 17.7 Å². The molecule has 1 aromatic carbocycles. The van der Waals surface area contributed by atoms with Gasteiger partial charge >= 0.3 is 0 Å². The van der Waals surface area contributed by atoms with Gasteiger partial charge in [-0.1, -0.05) is 23.7 Å². The highest BCUT2D eigenvalue weighted by Crippen LogP contribution is 2.28. The molecule has 4 heterocycles. The van der Waals surface area contributed by atoms with E-state index >= 15 is 0 Å². The van der Waals surface area contributed by atoms with E-state index in [9.17, 15) is 15.2 Å². The van der Waals surface area contributed by atoms with Gasteiger partial charge in [0.25, 0.3) is 11.4 Å². The molecular formula is C22H22ClN7O4. The Hall–Kier alpha value is -3.30. The highest BCUT2D eigenvalue weighted by Gasteiger charge is 2.24. The minimum atomic E-state index is -0.345. The SMILES string of the molecule is CC(CO)c1noc(-c2ncn3c2c(=O)n(CCN2CCOCC2)c2c(C#N)c(Cl)ccc23)n1. The molecule has 11 nitrogen and oxygen atoms in total. The minimum Gasteiger partial charge on any atom is -0.396 e. The van der Waals surface area contributed by atoms with Gasteiger partial charge in [0.05, 0.1) is 41.4 Å². The number of nitriles is 1. The van der Waals surface area contributed by atoms with E-state index in [1.807, 2.05) is 0 Å². The molecule has 176 valence electrons. The lowest BCUT2D eigenvalue weighted by molar-refractivity contribution is 0.0364. The Morgan fingerprint density at radius 1 is 1.26 bits per heavy atom. The molecule has 0 aliphatic carbocycles. The largest absolute Gasteiger partial charge is 0.396 e. The topological polar surface area (TPSA) is 135 Å². The number of aliphatic hydroxyl groups excluding tert-OH is 1. The second-order valence-corrected chi connectivity index (χ2v) is 8.57. The maximum atomic E-state index is 13.8. The summed E-state index contributed by atoms with van der Waals surface area (Å²) in [5, 5.41) is 23.4. The van der Waals surface area contributed by atoms with Gasteiger partial charge in [0.15, 0.2) is 11.5 Å². The lowest BCUT2D eigenvalue weighted by atomic mass is 10.1. The van der Waals surface area contributed by atoms with Crippen LogP contribution in [0.25, 0.3) is 28.1 Å². The zero-order valence-corrected chi connectivity index (χ0v) is 19.2. The van der Waals surface area contributed by atoms with Crippen molar-refractivity contribution in [2.24, 2.45) is 0 Å². The van der Waals surface area contributed by atoms with Crippen LogP contribution in [-0.4, -0.2) is 73.6 Å². The van der Waals surface area contributed by atoms with Crippen molar-refractivity contribution in [1.82, 2.24) is 29.0 Å². The third kappa shape index (κ3) is 3.74. The predicted octanol–water partition coefficient (Wildman–Crippen LogP) is 1.65. The smallest absolute Gasteiger partial charge is 0.278 e. The van der Waals surface area contributed by atoms with Gasteiger partial charge in [0.1, 0.15) is 17.9 Å². The number of halogens is 1. The summed E-state index contributed by atoms with van der Waals surface area (Å²) in [6, 6.07) is 5.54. The van der Waals surface area contributed by atoms with Gasteiger partial charge in [-0.2, -0.15) is 10.2 Å². The number of aliphatic hydroxyl groups is 1. The number of fused-ring (bicyclic) bond motifs is 3. The third-order valence-corrected chi connectivity index (χ3v) is 6.38. The number of hydrogen-bond acceptors (Lipinski definition) is 9. The van der Waals surface area contributed by atoms with Crippen LogP contribution in [0.3, 0.4) is 0 Å². The molecule has 5 rings (SSSR count). The number of rotatable bonds is 6. The van der Waals surface area contributed by atoms with Crippen LogP contribution in [0, 0.1) is 11.3 Å². The fourth-order valence-electron chi connectivity index (χ4n) is 4.14. The van der Waals surface area contributed by atoms with E-state index in [0.717, 1.165) is 13.1 Å². The number of nitrogens with zero attached hydrogens (tertiary/aromatic N) is 7. The van der Waals surface area contributed by atoms with Gasteiger partial charge in [-0.15, -0.1) is 0 Å². The second kappa shape index (κ2) is 9.15. The lowest BCUT2D eigenvalue weighted by Crippen LogP contribution is -2.39. The summed E-state index contributed by atoms with van der Waals surface area (Å²) in [5.41, 5.74) is 1.44. The van der Waals surface area contributed by atoms with Crippen LogP contribution in [0.15, 0.2) is 27.8 Å². The van der Waals surface area contributed by atoms with E-state index in [1.54, 1.807) is 28.0 Å². The zero-order valence-electron chi connectivity index (χ0n) is 18.4. The van der Waals surface area contributed by atoms with Gasteiger partial charge in [-0.25, -0.2) is 4.98 Å². The molecule has 3 aromatic heterocycles. The fraction of sp³-hybridized carbons (Fsp3) is 0.409. The normalized spacial score (nSPS) is 15.7. The van der Waals surface area contributed by atoms with Crippen molar-refractivity contribution < 1.29 is 14.4 Å². The molecule has 34 heavy (non-hydrogen) atoms. The Balaban J connectivity index is 1.71. The summed E-state index contributed by atoms with van der Waals surface area (Å²) in [6.45, 7) is 5.40. The fourth-order valence-corrected chi connectivity index (χ4v) is 4.34. The number of ether oxygens (including phenoxy) is 1. The monoisotopic (exact) mass is 483 g/mol. The van der Waals surface area contributed by atoms with Gasteiger partial charge in [0.2, 0.25) is 0 Å². The van der Waals surface area contributed by atoms with Gasteiger partial charge in [-0.3, -0.25) is 14.1 Å². The lowest BCUT2D eigenvalue weighted by Gasteiger charge is -2.27. The van der Waals surface area contributed by atoms with Crippen LogP contribution >= 0.6 is 11.6 Å². The van der Waals surface area contributed by atoms with Crippen molar-refractivity contribution in [3.05, 3.63) is 45.2 Å². The van der Waals surface area contributed by atoms with Crippen molar-refractivity contribution >= 4 is 28.2 Å². The third-order valence-electron chi connectivity index (χ3n) is 6.06. The molecule has 12 heteroatoms. The molecule has 1 atom stereocenters. The Labute approximate surface area is 198 Å². The van der Waals surface area contributed by atoms with Crippen molar-refractivity contribution in [3.63, 3.8) is 0 Å². The first-order chi connectivity index (χ1) is 16.5. The second-order valence-electron chi connectivity index (χ2n) is 8.17. The predicted molar refractivity (Wildman–Crippen MR) is 123 cm³/mol. The van der Waals surface area contributed by atoms with E-state index in [0.29, 0.717) is 43.2 Å². The minimum absolute atomic E-state index is 0.0865. The van der Waals surface area contributed by atoms with Gasteiger partial charge < -0.3 is 18.9 Å². The van der Waals surface area contributed by atoms with E-state index in [-0.39, 0.29) is 45.8 Å². The number of benzene rings is 1. The maximum absolute atomic E-state index is 13.8. The van der Waals surface area contributed by atoms with Gasteiger partial charge in [0, 0.05) is 32.1 Å². The summed E-state index contributed by atoms with van der Waals surface area (Å²) in [7, 11) is 0. The van der Waals surface area contributed by atoms with E-state index < -0.39 is 0 Å². The maximum Gasteiger partial charge on any atom is 0.278 e. The van der Waals surface area contributed by atoms with Crippen LogP contribution in [0.4, 0.5) is 0 Å². The highest BCUT2D eigenvalue weighted by atomic mass is 35.5. The molecular weight excluding hydrogens is 462 g/mol. The van der Waals surface area contributed by atoms with E-state index in [4.69, 9.17) is 20.9 Å². The molecule has 1 fully saturated rings. The van der Waals surface area contributed by atoms with Crippen molar-refractivity contribution in [1.29, 1.82) is 5.26 Å². The van der Waals surface area contributed by atoms with Crippen LogP contribution in [0.1, 0.15) is 24.2 Å². The molecule has 0 amide bonds. The summed E-state index contributed by atoms with van der Waals surface area (Å²) in [5.74, 6) is 0.0896. The molecule has 1 N–H and O–H groups in total. The summed E-state index contributed by atoms with van der Waals surface area (Å²) in [4.78, 5) is 24.8. The number of imidazole rings is 1. The summed E-state index contributed by atoms with van der Waals surface area (Å²) in [6.07, 6.45) is 1.50. The first-order valence-corrected chi connectivity index (χ1v) is 11.3. The van der Waals surface area contributed by atoms with Crippen LogP contribution in [0.5, 0.6) is 0 Å². The number of hydrogen-bond donors (Lipinski definition) is 1. The zero-order chi connectivity index (χ0) is 23.8. The molecule has 4 aromatic rings. The Morgan fingerprint density at radius 2 is 2.06 bits per heavy atom. The number of morpholine rings is 1. The van der Waals surface area contributed by atoms with Crippen LogP contribution < -0.4 is 5.56 Å². The van der Waals surface area contributed by atoms with Crippen LogP contribution in [0.2, 0.25) is 5.02 Å². The number of aromatic nitrogens is 5. The quantitative estimate of drug-likeness (QED) is 0.434. The Kier molecular flexibility index (Phi) is 6.05. The molecule has 0 radical (unpaired) electrons. The molecule has 1 saturated heterocycles. The molecule has 0 saturated carbocycles. The Bertz CT molecular complexity index is 1460. The van der Waals surface area contributed by atoms with E-state index in [1.165, 1.54) is 6.33 Å². The first kappa shape index (κ1) is 22.5. The van der Waals surface area contributed by atoms with E-state index in [2.05, 4.69) is 26.1 Å².